The fourth-order valence-electron chi connectivity index (χ4n) is 2.27. The number of aromatic nitrogens is 3. The van der Waals surface area contributed by atoms with Gasteiger partial charge in [0.1, 0.15) is 23.0 Å². The largest absolute Gasteiger partial charge is 0.492 e. The Labute approximate surface area is 157 Å². The molecule has 0 bridgehead atoms. The average molecular weight is 386 g/mol. The summed E-state index contributed by atoms with van der Waals surface area (Å²) < 4.78 is 35.5. The minimum atomic E-state index is -3.95. The van der Waals surface area contributed by atoms with Crippen LogP contribution in [0.3, 0.4) is 0 Å². The molecule has 0 amide bonds. The maximum Gasteiger partial charge on any atom is 0.340 e. The third kappa shape index (κ3) is 5.38. The van der Waals surface area contributed by atoms with Crippen LogP contribution in [-0.2, 0) is 10.1 Å². The molecular weight excluding hydrogens is 368 g/mol. The highest BCUT2D eigenvalue weighted by molar-refractivity contribution is 7.87. The van der Waals surface area contributed by atoms with Crippen LogP contribution in [-0.4, -0.2) is 36.8 Å². The van der Waals surface area contributed by atoms with Crippen molar-refractivity contribution >= 4 is 15.8 Å². The van der Waals surface area contributed by atoms with Crippen LogP contribution in [0.5, 0.6) is 11.5 Å². The number of nitrogens with zero attached hydrogens (tertiary/aromatic N) is 3. The molecule has 0 unspecified atom stereocenters. The van der Waals surface area contributed by atoms with Gasteiger partial charge in [-0.25, -0.2) is 0 Å². The van der Waals surface area contributed by atoms with E-state index in [2.05, 4.69) is 20.5 Å². The molecule has 2 heterocycles. The molecule has 9 heteroatoms. The molecule has 0 saturated carbocycles. The van der Waals surface area contributed by atoms with Gasteiger partial charge in [-0.15, -0.1) is 0 Å². The van der Waals surface area contributed by atoms with Crippen LogP contribution in [0.2, 0.25) is 0 Å². The number of rotatable bonds is 8. The van der Waals surface area contributed by atoms with E-state index in [1.54, 1.807) is 30.6 Å². The molecule has 8 nitrogen and oxygen atoms in total. The first-order chi connectivity index (χ1) is 13.0. The maximum atomic E-state index is 12.3. The number of nitrogens with one attached hydrogen (secondary N) is 1. The van der Waals surface area contributed by atoms with Gasteiger partial charge in [0.05, 0.1) is 18.1 Å². The molecule has 3 rings (SSSR count). The lowest BCUT2D eigenvalue weighted by molar-refractivity contribution is 0.331. The smallest absolute Gasteiger partial charge is 0.340 e. The predicted octanol–water partition coefficient (Wildman–Crippen LogP) is 2.44. The van der Waals surface area contributed by atoms with Gasteiger partial charge in [-0.1, -0.05) is 0 Å². The summed E-state index contributed by atoms with van der Waals surface area (Å²) in [5, 5.41) is 10.6. The van der Waals surface area contributed by atoms with Crippen LogP contribution in [0.15, 0.2) is 66.1 Å². The molecule has 3 aromatic rings. The van der Waals surface area contributed by atoms with Crippen molar-refractivity contribution in [3.05, 3.63) is 66.7 Å². The SMILES string of the molecule is Cc1cc(OCCNc2ccnnc2)cc(OS(=O)(=O)c2cccnc2)c1. The number of hydrogen-bond donors (Lipinski definition) is 1. The summed E-state index contributed by atoms with van der Waals surface area (Å²) in [4.78, 5) is 3.79. The van der Waals surface area contributed by atoms with Gasteiger partial charge in [-0.2, -0.15) is 18.6 Å². The van der Waals surface area contributed by atoms with E-state index in [0.717, 1.165) is 11.3 Å². The summed E-state index contributed by atoms with van der Waals surface area (Å²) in [5.74, 6) is 0.696. The fourth-order valence-corrected chi connectivity index (χ4v) is 3.16. The van der Waals surface area contributed by atoms with Crippen molar-refractivity contribution in [3.63, 3.8) is 0 Å². The van der Waals surface area contributed by atoms with Crippen molar-refractivity contribution in [1.82, 2.24) is 15.2 Å². The Kier molecular flexibility index (Phi) is 5.82. The minimum Gasteiger partial charge on any atom is -0.492 e. The molecule has 1 aromatic carbocycles. The summed E-state index contributed by atoms with van der Waals surface area (Å²) in [6.07, 6.45) is 5.94. The van der Waals surface area contributed by atoms with Gasteiger partial charge in [0.2, 0.25) is 0 Å². The molecule has 0 radical (unpaired) electrons. The van der Waals surface area contributed by atoms with E-state index in [4.69, 9.17) is 8.92 Å². The van der Waals surface area contributed by atoms with Gasteiger partial charge < -0.3 is 14.2 Å². The van der Waals surface area contributed by atoms with Crippen molar-refractivity contribution in [3.8, 4) is 11.5 Å². The van der Waals surface area contributed by atoms with Crippen molar-refractivity contribution in [2.24, 2.45) is 0 Å². The van der Waals surface area contributed by atoms with Crippen LogP contribution in [0.4, 0.5) is 5.69 Å². The van der Waals surface area contributed by atoms with Gasteiger partial charge in [0, 0.05) is 25.0 Å². The standard InChI is InChI=1S/C18H18N4O4S/c1-14-9-16(25-8-7-20-15-4-6-21-22-12-15)11-17(10-14)26-27(23,24)18-3-2-5-19-13-18/h2-6,9-13H,7-8H2,1H3,(H,20,21). The first-order valence-electron chi connectivity index (χ1n) is 8.12. The second kappa shape index (κ2) is 8.45. The molecule has 0 aliphatic rings. The normalized spacial score (nSPS) is 11.0. The number of pyridine rings is 1. The Morgan fingerprint density at radius 3 is 2.63 bits per heavy atom. The van der Waals surface area contributed by atoms with E-state index in [9.17, 15) is 8.42 Å². The third-order valence-corrected chi connectivity index (χ3v) is 4.67. The van der Waals surface area contributed by atoms with E-state index < -0.39 is 10.1 Å². The molecule has 0 spiro atoms. The van der Waals surface area contributed by atoms with Crippen molar-refractivity contribution in [2.75, 3.05) is 18.5 Å². The molecule has 2 aromatic heterocycles. The monoisotopic (exact) mass is 386 g/mol. The first-order valence-corrected chi connectivity index (χ1v) is 9.53. The molecule has 1 N–H and O–H groups in total. The number of ether oxygens (including phenoxy) is 1. The summed E-state index contributed by atoms with van der Waals surface area (Å²) in [7, 11) is -3.95. The van der Waals surface area contributed by atoms with E-state index >= 15 is 0 Å². The summed E-state index contributed by atoms with van der Waals surface area (Å²) in [6.45, 7) is 2.75. The average Bonchev–Trinajstić information content (AvgIpc) is 2.66. The Hall–Kier alpha value is -3.20. The van der Waals surface area contributed by atoms with Gasteiger partial charge in [-0.05, 0) is 42.8 Å². The van der Waals surface area contributed by atoms with Gasteiger partial charge in [0.15, 0.2) is 0 Å². The number of hydrogen-bond acceptors (Lipinski definition) is 8. The van der Waals surface area contributed by atoms with Crippen LogP contribution >= 0.6 is 0 Å². The molecular formula is C18H18N4O4S. The van der Waals surface area contributed by atoms with Crippen LogP contribution < -0.4 is 14.2 Å². The quantitative estimate of drug-likeness (QED) is 0.465. The van der Waals surface area contributed by atoms with E-state index in [-0.39, 0.29) is 10.6 Å². The predicted molar refractivity (Wildman–Crippen MR) is 99.2 cm³/mol. The molecule has 27 heavy (non-hydrogen) atoms. The van der Waals surface area contributed by atoms with E-state index in [1.807, 2.05) is 6.92 Å². The van der Waals surface area contributed by atoms with Gasteiger partial charge in [-0.3, -0.25) is 4.98 Å². The van der Waals surface area contributed by atoms with Crippen molar-refractivity contribution < 1.29 is 17.3 Å². The zero-order valence-corrected chi connectivity index (χ0v) is 15.4. The van der Waals surface area contributed by atoms with Crippen molar-refractivity contribution in [2.45, 2.75) is 11.8 Å². The van der Waals surface area contributed by atoms with Gasteiger partial charge >= 0.3 is 10.1 Å². The summed E-state index contributed by atoms with van der Waals surface area (Å²) in [6, 6.07) is 9.73. The molecule has 0 saturated heterocycles. The molecule has 0 aliphatic carbocycles. The highest BCUT2D eigenvalue weighted by Crippen LogP contribution is 2.25. The lowest BCUT2D eigenvalue weighted by Gasteiger charge is -2.11. The van der Waals surface area contributed by atoms with E-state index in [0.29, 0.717) is 18.9 Å². The Balaban J connectivity index is 1.62. The molecule has 0 fully saturated rings. The van der Waals surface area contributed by atoms with Crippen molar-refractivity contribution in [1.29, 1.82) is 0 Å². The molecule has 140 valence electrons. The zero-order chi connectivity index (χ0) is 19.1. The Morgan fingerprint density at radius 1 is 1.04 bits per heavy atom. The molecule has 0 aliphatic heterocycles. The Bertz CT molecular complexity index is 983. The fraction of sp³-hybridized carbons (Fsp3) is 0.167. The van der Waals surface area contributed by atoms with E-state index in [1.165, 1.54) is 30.6 Å². The minimum absolute atomic E-state index is 0.0101. The molecule has 0 atom stereocenters. The maximum absolute atomic E-state index is 12.3. The lowest BCUT2D eigenvalue weighted by Crippen LogP contribution is -2.12. The van der Waals surface area contributed by atoms with Crippen LogP contribution in [0.25, 0.3) is 0 Å². The zero-order valence-electron chi connectivity index (χ0n) is 14.6. The second-order valence-corrected chi connectivity index (χ2v) is 7.16. The Morgan fingerprint density at radius 2 is 1.89 bits per heavy atom. The summed E-state index contributed by atoms with van der Waals surface area (Å²) in [5.41, 5.74) is 1.65. The highest BCUT2D eigenvalue weighted by atomic mass is 32.2. The van der Waals surface area contributed by atoms with Crippen LogP contribution in [0.1, 0.15) is 5.56 Å². The first kappa shape index (κ1) is 18.6. The lowest BCUT2D eigenvalue weighted by atomic mass is 10.2. The van der Waals surface area contributed by atoms with Crippen LogP contribution in [0, 0.1) is 6.92 Å². The topological polar surface area (TPSA) is 103 Å². The highest BCUT2D eigenvalue weighted by Gasteiger charge is 2.17. The number of anilines is 1. The third-order valence-electron chi connectivity index (χ3n) is 3.44. The number of benzene rings is 1. The van der Waals surface area contributed by atoms with Gasteiger partial charge in [0.25, 0.3) is 0 Å². The summed E-state index contributed by atoms with van der Waals surface area (Å²) >= 11 is 0. The second-order valence-electron chi connectivity index (χ2n) is 5.61. The number of aryl methyl sites for hydroxylation is 1.